The van der Waals surface area contributed by atoms with Crippen molar-refractivity contribution in [1.29, 1.82) is 0 Å². The van der Waals surface area contributed by atoms with Crippen molar-refractivity contribution >= 4 is 114 Å². The molecule has 260 valence electrons. The second-order valence-electron chi connectivity index (χ2n) is 14.8. The van der Waals surface area contributed by atoms with Gasteiger partial charge in [-0.3, -0.25) is 9.59 Å². The van der Waals surface area contributed by atoms with Crippen molar-refractivity contribution in [3.8, 4) is 11.5 Å². The van der Waals surface area contributed by atoms with Gasteiger partial charge in [0.2, 0.25) is 0 Å². The zero-order valence-electron chi connectivity index (χ0n) is 30.4. The van der Waals surface area contributed by atoms with Crippen molar-refractivity contribution in [3.63, 3.8) is 0 Å². The first-order chi connectivity index (χ1) is 26.8. The highest BCUT2D eigenvalue weighted by Crippen LogP contribution is 2.42. The maximum atomic E-state index is 13.4. The third-order valence-corrected chi connectivity index (χ3v) is 11.7. The average molecular weight is 709 g/mol. The molecular weight excluding hydrogens is 677 g/mol. The van der Waals surface area contributed by atoms with Gasteiger partial charge in [-0.25, -0.2) is 0 Å². The van der Waals surface area contributed by atoms with E-state index >= 15 is 0 Å². The fourth-order valence-corrected chi connectivity index (χ4v) is 8.95. The molecule has 0 spiro atoms. The highest BCUT2D eigenvalue weighted by Gasteiger charge is 2.21. The molecule has 11 rings (SSSR count). The molecule has 0 radical (unpaired) electrons. The zero-order valence-corrected chi connectivity index (χ0v) is 30.4. The lowest BCUT2D eigenvalue weighted by atomic mass is 9.86. The van der Waals surface area contributed by atoms with Gasteiger partial charge in [-0.15, -0.1) is 0 Å². The summed E-state index contributed by atoms with van der Waals surface area (Å²) in [6.45, 7) is 2.14. The molecule has 0 bridgehead atoms. The number of benzene rings is 10. The van der Waals surface area contributed by atoms with Crippen molar-refractivity contribution < 1.29 is 19.1 Å². The summed E-state index contributed by atoms with van der Waals surface area (Å²) in [5.41, 5.74) is 2.33. The second kappa shape index (κ2) is 11.5. The Morgan fingerprint density at radius 3 is 1.47 bits per heavy atom. The second-order valence-corrected chi connectivity index (χ2v) is 14.8. The Hall–Kier alpha value is -7.04. The fraction of sp³-hybridized carbons (Fsp3) is 0.0588. The number of methoxy groups -OCH3 is 2. The molecule has 1 aliphatic carbocycles. The Morgan fingerprint density at radius 2 is 0.836 bits per heavy atom. The first-order valence-corrected chi connectivity index (χ1v) is 18.4. The number of ketones is 2. The zero-order chi connectivity index (χ0) is 37.1. The van der Waals surface area contributed by atoms with Gasteiger partial charge in [0.05, 0.1) is 14.2 Å². The van der Waals surface area contributed by atoms with Gasteiger partial charge in [-0.2, -0.15) is 0 Å². The van der Waals surface area contributed by atoms with Crippen LogP contribution in [0.5, 0.6) is 11.5 Å². The fourth-order valence-electron chi connectivity index (χ4n) is 8.95. The molecule has 0 aliphatic heterocycles. The van der Waals surface area contributed by atoms with E-state index in [9.17, 15) is 9.59 Å². The standard InChI is InChI=1S/C51H32O4/c1-27-42-19-37-22-46-45(21-36(37)17-38(42)18-40-24-50(54-2)51(55-3)26-43(27)40)44-20-35-15-33-13-31-11-29-7-5-4-6-28(29)10-30(31)12-32(33)14-34(35)16-39(44)23-47(46)48-25-41(52)8-9-49(48)53/h4-26H,1-3H3. The number of allylic oxidation sites excluding steroid dienone is 4. The Labute approximate surface area is 315 Å². The molecule has 0 unspecified atom stereocenters. The predicted molar refractivity (Wildman–Crippen MR) is 229 cm³/mol. The van der Waals surface area contributed by atoms with Crippen LogP contribution in [-0.4, -0.2) is 25.8 Å². The van der Waals surface area contributed by atoms with Crippen LogP contribution in [-0.2, 0) is 9.59 Å². The lowest BCUT2D eigenvalue weighted by molar-refractivity contribution is -0.113. The predicted octanol–water partition coefficient (Wildman–Crippen LogP) is 12.5. The van der Waals surface area contributed by atoms with E-state index in [4.69, 9.17) is 9.47 Å². The summed E-state index contributed by atoms with van der Waals surface area (Å²) in [6.07, 6.45) is 4.22. The first kappa shape index (κ1) is 31.5. The number of rotatable bonds is 3. The minimum Gasteiger partial charge on any atom is -0.493 e. The lowest BCUT2D eigenvalue weighted by Crippen LogP contribution is -2.07. The molecule has 10 aromatic rings. The van der Waals surface area contributed by atoms with E-state index in [1.54, 1.807) is 14.2 Å². The number of ether oxygens (including phenoxy) is 2. The Bertz CT molecular complexity index is 3490. The smallest absolute Gasteiger partial charge is 0.186 e. The maximum absolute atomic E-state index is 13.4. The Balaban J connectivity index is 1.20. The van der Waals surface area contributed by atoms with Gasteiger partial charge in [0.25, 0.3) is 0 Å². The molecule has 10 aromatic carbocycles. The number of aryl methyl sites for hydroxylation is 1. The Kier molecular flexibility index (Phi) is 6.57. The normalized spacial score (nSPS) is 13.5. The molecular formula is C51H32O4. The van der Waals surface area contributed by atoms with E-state index in [-0.39, 0.29) is 11.6 Å². The molecule has 0 atom stereocenters. The van der Waals surface area contributed by atoms with Crippen LogP contribution in [0.2, 0.25) is 0 Å². The van der Waals surface area contributed by atoms with E-state index < -0.39 is 0 Å². The third kappa shape index (κ3) is 4.78. The van der Waals surface area contributed by atoms with E-state index in [0.29, 0.717) is 17.1 Å². The molecule has 0 amide bonds. The number of carbonyl (C=O) groups excluding carboxylic acids is 2. The van der Waals surface area contributed by atoms with E-state index in [2.05, 4.69) is 116 Å². The lowest BCUT2D eigenvalue weighted by Gasteiger charge is -2.17. The van der Waals surface area contributed by atoms with E-state index in [1.165, 1.54) is 50.5 Å². The maximum Gasteiger partial charge on any atom is 0.186 e. The Morgan fingerprint density at radius 1 is 0.400 bits per heavy atom. The molecule has 0 saturated heterocycles. The van der Waals surface area contributed by atoms with Gasteiger partial charge >= 0.3 is 0 Å². The molecule has 0 N–H and O–H groups in total. The van der Waals surface area contributed by atoms with E-state index in [0.717, 1.165) is 75.8 Å². The van der Waals surface area contributed by atoms with Crippen LogP contribution in [0.25, 0.3) is 103 Å². The molecule has 55 heavy (non-hydrogen) atoms. The minimum atomic E-state index is -0.186. The average Bonchev–Trinajstić information content (AvgIpc) is 3.19. The molecule has 0 fully saturated rings. The molecule has 0 saturated carbocycles. The molecule has 4 heteroatoms. The summed E-state index contributed by atoms with van der Waals surface area (Å²) in [5.74, 6) is 1.03. The largest absolute Gasteiger partial charge is 0.493 e. The van der Waals surface area contributed by atoms with Crippen LogP contribution < -0.4 is 9.47 Å². The quantitative estimate of drug-likeness (QED) is 0.104. The van der Waals surface area contributed by atoms with Crippen LogP contribution in [0.4, 0.5) is 0 Å². The summed E-state index contributed by atoms with van der Waals surface area (Å²) in [7, 11) is 3.32. The van der Waals surface area contributed by atoms with Gasteiger partial charge in [-0.1, -0.05) is 24.3 Å². The number of fused-ring (bicyclic) bond motifs is 10. The van der Waals surface area contributed by atoms with Crippen LogP contribution in [0.1, 0.15) is 11.1 Å². The van der Waals surface area contributed by atoms with Gasteiger partial charge < -0.3 is 9.47 Å². The molecule has 1 aliphatic rings. The van der Waals surface area contributed by atoms with E-state index in [1.807, 2.05) is 12.1 Å². The van der Waals surface area contributed by atoms with Crippen molar-refractivity contribution in [2.24, 2.45) is 0 Å². The van der Waals surface area contributed by atoms with Crippen LogP contribution in [0.3, 0.4) is 0 Å². The van der Waals surface area contributed by atoms with Crippen LogP contribution in [0.15, 0.2) is 140 Å². The number of carbonyl (C=O) groups is 2. The molecule has 4 nitrogen and oxygen atoms in total. The van der Waals surface area contributed by atoms with Crippen LogP contribution in [0, 0.1) is 6.92 Å². The summed E-state index contributed by atoms with van der Waals surface area (Å²) in [6, 6.07) is 44.0. The number of hydrogen-bond acceptors (Lipinski definition) is 4. The molecule has 0 aromatic heterocycles. The van der Waals surface area contributed by atoms with Crippen molar-refractivity contribution in [2.75, 3.05) is 14.2 Å². The summed E-state index contributed by atoms with van der Waals surface area (Å²) in [5, 5.41) is 20.2. The number of hydrogen-bond donors (Lipinski definition) is 0. The third-order valence-electron chi connectivity index (χ3n) is 11.7. The highest BCUT2D eigenvalue weighted by atomic mass is 16.5. The minimum absolute atomic E-state index is 0.170. The van der Waals surface area contributed by atoms with Crippen LogP contribution >= 0.6 is 0 Å². The van der Waals surface area contributed by atoms with Gasteiger partial charge in [0.1, 0.15) is 0 Å². The first-order valence-electron chi connectivity index (χ1n) is 18.4. The summed E-state index contributed by atoms with van der Waals surface area (Å²) in [4.78, 5) is 26.2. The SMILES string of the molecule is COc1cc2cc3cc4cc5c(cc4cc3c(C)c2cc1OC)c(C1=CC(=O)C=CC1=O)cc1cc2cc3cc4cc6ccccc6cc4cc3cc2cc15. The molecule has 0 heterocycles. The summed E-state index contributed by atoms with van der Waals surface area (Å²) < 4.78 is 11.3. The summed E-state index contributed by atoms with van der Waals surface area (Å²) >= 11 is 0. The van der Waals surface area contributed by atoms with Crippen molar-refractivity contribution in [2.45, 2.75) is 6.92 Å². The monoisotopic (exact) mass is 708 g/mol. The van der Waals surface area contributed by atoms with Crippen molar-refractivity contribution in [1.82, 2.24) is 0 Å². The highest BCUT2D eigenvalue weighted by molar-refractivity contribution is 6.37. The van der Waals surface area contributed by atoms with Gasteiger partial charge in [0.15, 0.2) is 23.1 Å². The van der Waals surface area contributed by atoms with Gasteiger partial charge in [-0.05, 0) is 230 Å². The topological polar surface area (TPSA) is 52.6 Å². The van der Waals surface area contributed by atoms with Gasteiger partial charge in [0, 0.05) is 5.57 Å². The van der Waals surface area contributed by atoms with Crippen molar-refractivity contribution in [3.05, 3.63) is 151 Å².